The molecule has 0 saturated carbocycles. The maximum absolute atomic E-state index is 13.7. The fourth-order valence-corrected chi connectivity index (χ4v) is 2.78. The van der Waals surface area contributed by atoms with Crippen molar-refractivity contribution in [1.82, 2.24) is 4.98 Å². The van der Waals surface area contributed by atoms with Crippen molar-refractivity contribution in [2.75, 3.05) is 7.11 Å². The van der Waals surface area contributed by atoms with Gasteiger partial charge in [0.25, 0.3) is 0 Å². The molecular formula is C17H15FN2O3. The third-order valence-corrected chi connectivity index (χ3v) is 3.90. The summed E-state index contributed by atoms with van der Waals surface area (Å²) in [7, 11) is 1.52. The number of nitroso groups, excluding NO2 is 1. The maximum Gasteiger partial charge on any atom is 0.219 e. The van der Waals surface area contributed by atoms with Crippen LogP contribution in [0, 0.1) is 10.7 Å². The zero-order chi connectivity index (χ0) is 16.6. The van der Waals surface area contributed by atoms with Crippen LogP contribution in [0.4, 0.5) is 10.1 Å². The van der Waals surface area contributed by atoms with Gasteiger partial charge in [-0.2, -0.15) is 0 Å². The van der Waals surface area contributed by atoms with E-state index in [1.54, 1.807) is 12.1 Å². The molecule has 0 aliphatic rings. The van der Waals surface area contributed by atoms with E-state index >= 15 is 0 Å². The maximum atomic E-state index is 13.7. The Morgan fingerprint density at radius 2 is 2.04 bits per heavy atom. The van der Waals surface area contributed by atoms with Crippen LogP contribution >= 0.6 is 0 Å². The fourth-order valence-electron chi connectivity index (χ4n) is 2.78. The number of H-pyrrole nitrogens is 1. The largest absolute Gasteiger partial charge is 0.496 e. The molecule has 3 aromatic rings. The molecule has 0 saturated heterocycles. The van der Waals surface area contributed by atoms with Crippen LogP contribution < -0.4 is 4.74 Å². The van der Waals surface area contributed by atoms with Crippen molar-refractivity contribution in [2.45, 2.75) is 13.3 Å². The summed E-state index contributed by atoms with van der Waals surface area (Å²) in [5.41, 5.74) is 2.80. The lowest BCUT2D eigenvalue weighted by atomic mass is 9.95. The minimum atomic E-state index is -0.381. The molecule has 0 fully saturated rings. The number of methoxy groups -OCH3 is 1. The first kappa shape index (κ1) is 15.0. The number of aryl methyl sites for hydroxylation is 1. The number of rotatable bonds is 4. The Hall–Kier alpha value is -2.89. The molecule has 1 heterocycles. The third-order valence-electron chi connectivity index (χ3n) is 3.90. The summed E-state index contributed by atoms with van der Waals surface area (Å²) in [6.45, 7) is 1.97. The van der Waals surface area contributed by atoms with E-state index in [-0.39, 0.29) is 17.4 Å². The van der Waals surface area contributed by atoms with Crippen molar-refractivity contribution in [1.29, 1.82) is 0 Å². The molecule has 0 atom stereocenters. The Bertz CT molecular complexity index is 902. The highest BCUT2D eigenvalue weighted by Gasteiger charge is 2.17. The van der Waals surface area contributed by atoms with Crippen LogP contribution in [0.5, 0.6) is 11.6 Å². The predicted octanol–water partition coefficient (Wildman–Crippen LogP) is 4.65. The van der Waals surface area contributed by atoms with Crippen LogP contribution in [0.2, 0.25) is 0 Å². The van der Waals surface area contributed by atoms with Gasteiger partial charge >= 0.3 is 0 Å². The predicted molar refractivity (Wildman–Crippen MR) is 86.7 cm³/mol. The number of aromatic amines is 1. The normalized spacial score (nSPS) is 10.9. The van der Waals surface area contributed by atoms with Gasteiger partial charge in [0, 0.05) is 10.9 Å². The second-order valence-corrected chi connectivity index (χ2v) is 5.17. The van der Waals surface area contributed by atoms with Crippen molar-refractivity contribution in [3.8, 4) is 22.8 Å². The average molecular weight is 314 g/mol. The summed E-state index contributed by atoms with van der Waals surface area (Å²) in [5, 5.41) is 13.1. The van der Waals surface area contributed by atoms with E-state index in [0.717, 1.165) is 11.1 Å². The summed E-state index contributed by atoms with van der Waals surface area (Å²) in [4.78, 5) is 13.7. The molecule has 0 aliphatic heterocycles. The van der Waals surface area contributed by atoms with Crippen LogP contribution in [0.25, 0.3) is 22.0 Å². The topological polar surface area (TPSA) is 74.7 Å². The fraction of sp³-hybridized carbons (Fsp3) is 0.176. The summed E-state index contributed by atoms with van der Waals surface area (Å²) >= 11 is 0. The molecule has 118 valence electrons. The highest BCUT2D eigenvalue weighted by molar-refractivity contribution is 5.98. The Balaban J connectivity index is 2.36. The molecular weight excluding hydrogens is 299 g/mol. The van der Waals surface area contributed by atoms with Gasteiger partial charge in [0.05, 0.1) is 12.6 Å². The number of benzene rings is 2. The standard InChI is InChI=1S/C17H15FN2O3/c1-3-9-6-14-13(16(20-22)17(21)19-14)8-11(9)12-7-10(18)4-5-15(12)23-2/h4-8,19,21H,3H2,1-2H3. The van der Waals surface area contributed by atoms with Gasteiger partial charge in [-0.15, -0.1) is 4.91 Å². The van der Waals surface area contributed by atoms with Crippen LogP contribution in [-0.4, -0.2) is 17.2 Å². The molecule has 0 radical (unpaired) electrons. The lowest BCUT2D eigenvalue weighted by molar-refractivity contribution is 0.415. The molecule has 2 N–H and O–H groups in total. The Labute approximate surface area is 131 Å². The summed E-state index contributed by atoms with van der Waals surface area (Å²) in [6, 6.07) is 7.82. The van der Waals surface area contributed by atoms with E-state index in [1.807, 2.05) is 13.0 Å². The van der Waals surface area contributed by atoms with E-state index in [2.05, 4.69) is 10.2 Å². The molecule has 1 aromatic heterocycles. The quantitative estimate of drug-likeness (QED) is 0.688. The van der Waals surface area contributed by atoms with Gasteiger partial charge in [0.15, 0.2) is 5.69 Å². The first-order chi connectivity index (χ1) is 11.1. The summed E-state index contributed by atoms with van der Waals surface area (Å²) < 4.78 is 19.0. The molecule has 0 unspecified atom stereocenters. The van der Waals surface area contributed by atoms with Crippen LogP contribution in [0.3, 0.4) is 0 Å². The van der Waals surface area contributed by atoms with Crippen molar-refractivity contribution in [3.63, 3.8) is 0 Å². The molecule has 0 aliphatic carbocycles. The number of hydrogen-bond donors (Lipinski definition) is 2. The molecule has 0 amide bonds. The van der Waals surface area contributed by atoms with Gasteiger partial charge in [0.2, 0.25) is 5.88 Å². The zero-order valence-electron chi connectivity index (χ0n) is 12.7. The van der Waals surface area contributed by atoms with Crippen molar-refractivity contribution >= 4 is 16.6 Å². The molecule has 0 spiro atoms. The van der Waals surface area contributed by atoms with E-state index < -0.39 is 0 Å². The van der Waals surface area contributed by atoms with E-state index in [1.165, 1.54) is 19.2 Å². The van der Waals surface area contributed by atoms with Gasteiger partial charge in [-0.25, -0.2) is 4.39 Å². The van der Waals surface area contributed by atoms with Crippen LogP contribution in [0.15, 0.2) is 35.5 Å². The van der Waals surface area contributed by atoms with E-state index in [4.69, 9.17) is 4.74 Å². The SMILES string of the molecule is CCc1cc2[nH]c(O)c(N=O)c2cc1-c1cc(F)ccc1OC. The van der Waals surface area contributed by atoms with Gasteiger partial charge < -0.3 is 14.8 Å². The first-order valence-corrected chi connectivity index (χ1v) is 7.13. The van der Waals surface area contributed by atoms with Crippen LogP contribution in [-0.2, 0) is 6.42 Å². The number of fused-ring (bicyclic) bond motifs is 1. The number of nitrogens with one attached hydrogen (secondary N) is 1. The number of hydrogen-bond acceptors (Lipinski definition) is 4. The third kappa shape index (κ3) is 2.42. The van der Waals surface area contributed by atoms with E-state index in [0.29, 0.717) is 28.6 Å². The molecule has 2 aromatic carbocycles. The minimum absolute atomic E-state index is 0.0562. The summed E-state index contributed by atoms with van der Waals surface area (Å²) in [6.07, 6.45) is 0.689. The molecule has 3 rings (SSSR count). The second kappa shape index (κ2) is 5.72. The minimum Gasteiger partial charge on any atom is -0.496 e. The summed E-state index contributed by atoms with van der Waals surface area (Å²) in [5.74, 6) is -0.130. The molecule has 5 nitrogen and oxygen atoms in total. The monoisotopic (exact) mass is 314 g/mol. The number of nitrogens with zero attached hydrogens (tertiary/aromatic N) is 1. The number of aromatic nitrogens is 1. The number of ether oxygens (including phenoxy) is 1. The molecule has 0 bridgehead atoms. The zero-order valence-corrected chi connectivity index (χ0v) is 12.7. The van der Waals surface area contributed by atoms with Crippen molar-refractivity contribution in [2.24, 2.45) is 5.18 Å². The highest BCUT2D eigenvalue weighted by atomic mass is 19.1. The Morgan fingerprint density at radius 1 is 1.26 bits per heavy atom. The van der Waals surface area contributed by atoms with Gasteiger partial charge in [-0.3, -0.25) is 0 Å². The second-order valence-electron chi connectivity index (χ2n) is 5.17. The van der Waals surface area contributed by atoms with Crippen molar-refractivity contribution < 1.29 is 14.2 Å². The molecule has 23 heavy (non-hydrogen) atoms. The van der Waals surface area contributed by atoms with Crippen molar-refractivity contribution in [3.05, 3.63) is 46.6 Å². The van der Waals surface area contributed by atoms with Gasteiger partial charge in [-0.1, -0.05) is 6.92 Å². The lowest BCUT2D eigenvalue weighted by Crippen LogP contribution is -1.93. The smallest absolute Gasteiger partial charge is 0.219 e. The van der Waals surface area contributed by atoms with Gasteiger partial charge in [0.1, 0.15) is 11.6 Å². The number of aromatic hydroxyl groups is 1. The average Bonchev–Trinajstić information content (AvgIpc) is 2.87. The van der Waals surface area contributed by atoms with Crippen LogP contribution in [0.1, 0.15) is 12.5 Å². The number of halogens is 1. The lowest BCUT2D eigenvalue weighted by Gasteiger charge is -2.13. The van der Waals surface area contributed by atoms with Gasteiger partial charge in [-0.05, 0) is 53.1 Å². The highest BCUT2D eigenvalue weighted by Crippen LogP contribution is 2.41. The Kier molecular flexibility index (Phi) is 3.73. The van der Waals surface area contributed by atoms with E-state index in [9.17, 15) is 14.4 Å². The Morgan fingerprint density at radius 3 is 2.70 bits per heavy atom. The molecule has 6 heteroatoms. The first-order valence-electron chi connectivity index (χ1n) is 7.13.